The number of rotatable bonds is 9. The number of hydrogen-bond donors (Lipinski definition) is 1. The standard InChI is InChI=1S/C21H22N2O3S2/c1-3-19(24)15-4-6-16(7-5-15)26-12-21(25)22-11-10-17-8-9-20(28-17)18-13-27-14(2)23-18/h4-9,13H,3,10-12H2,1-2H3,(H,22,25). The number of hydrogen-bond acceptors (Lipinski definition) is 6. The van der Waals surface area contributed by atoms with Crippen LogP contribution in [0.15, 0.2) is 41.8 Å². The van der Waals surface area contributed by atoms with E-state index in [2.05, 4.69) is 27.8 Å². The van der Waals surface area contributed by atoms with Gasteiger partial charge in [0, 0.05) is 28.8 Å². The molecule has 2 heterocycles. The lowest BCUT2D eigenvalue weighted by atomic mass is 10.1. The topological polar surface area (TPSA) is 68.3 Å². The molecule has 3 aromatic rings. The van der Waals surface area contributed by atoms with Crippen molar-refractivity contribution in [3.05, 3.63) is 57.2 Å². The van der Waals surface area contributed by atoms with E-state index in [0.717, 1.165) is 22.0 Å². The van der Waals surface area contributed by atoms with Crippen LogP contribution in [0.2, 0.25) is 0 Å². The molecule has 0 aliphatic carbocycles. The number of carbonyl (C=O) groups excluding carboxylic acids is 2. The Morgan fingerprint density at radius 1 is 1.14 bits per heavy atom. The smallest absolute Gasteiger partial charge is 0.257 e. The highest BCUT2D eigenvalue weighted by atomic mass is 32.1. The Labute approximate surface area is 172 Å². The maximum Gasteiger partial charge on any atom is 0.257 e. The van der Waals surface area contributed by atoms with Gasteiger partial charge in [0.05, 0.1) is 15.6 Å². The van der Waals surface area contributed by atoms with Crippen LogP contribution in [0.5, 0.6) is 5.75 Å². The first-order valence-corrected chi connectivity index (χ1v) is 10.8. The van der Waals surface area contributed by atoms with E-state index < -0.39 is 0 Å². The molecule has 5 nitrogen and oxygen atoms in total. The Hall–Kier alpha value is -2.51. The minimum atomic E-state index is -0.166. The number of aryl methyl sites for hydroxylation is 1. The molecule has 0 bridgehead atoms. The van der Waals surface area contributed by atoms with Gasteiger partial charge in [-0.15, -0.1) is 22.7 Å². The summed E-state index contributed by atoms with van der Waals surface area (Å²) in [6, 6.07) is 11.0. The van der Waals surface area contributed by atoms with Crippen molar-refractivity contribution in [3.8, 4) is 16.3 Å². The first-order chi connectivity index (χ1) is 13.5. The zero-order chi connectivity index (χ0) is 19.9. The van der Waals surface area contributed by atoms with Gasteiger partial charge in [-0.25, -0.2) is 4.98 Å². The quantitative estimate of drug-likeness (QED) is 0.523. The molecule has 0 spiro atoms. The zero-order valence-corrected chi connectivity index (χ0v) is 17.5. The normalized spacial score (nSPS) is 10.6. The second-order valence-electron chi connectivity index (χ2n) is 6.21. The summed E-state index contributed by atoms with van der Waals surface area (Å²) in [5.41, 5.74) is 1.67. The number of Topliss-reactive ketones (excluding diaryl/α,β-unsaturated/α-hetero) is 1. The highest BCUT2D eigenvalue weighted by molar-refractivity contribution is 7.16. The lowest BCUT2D eigenvalue weighted by Gasteiger charge is -2.07. The highest BCUT2D eigenvalue weighted by Gasteiger charge is 2.08. The van der Waals surface area contributed by atoms with Crippen LogP contribution in [0.25, 0.3) is 10.6 Å². The van der Waals surface area contributed by atoms with Crippen LogP contribution in [-0.4, -0.2) is 29.8 Å². The van der Waals surface area contributed by atoms with Gasteiger partial charge in [-0.1, -0.05) is 6.92 Å². The third kappa shape index (κ3) is 5.50. The van der Waals surface area contributed by atoms with E-state index in [0.29, 0.717) is 24.3 Å². The predicted octanol–water partition coefficient (Wildman–Crippen LogP) is 4.51. The Bertz CT molecular complexity index is 945. The molecule has 0 saturated heterocycles. The van der Waals surface area contributed by atoms with Crippen molar-refractivity contribution in [1.29, 1.82) is 0 Å². The van der Waals surface area contributed by atoms with Crippen molar-refractivity contribution in [2.24, 2.45) is 0 Å². The van der Waals surface area contributed by atoms with E-state index >= 15 is 0 Å². The minimum absolute atomic E-state index is 0.0468. The molecule has 1 amide bonds. The van der Waals surface area contributed by atoms with Crippen LogP contribution in [-0.2, 0) is 11.2 Å². The summed E-state index contributed by atoms with van der Waals surface area (Å²) in [4.78, 5) is 30.4. The highest BCUT2D eigenvalue weighted by Crippen LogP contribution is 2.29. The van der Waals surface area contributed by atoms with Crippen LogP contribution in [0.4, 0.5) is 0 Å². The first kappa shape index (κ1) is 20.2. The van der Waals surface area contributed by atoms with E-state index in [1.54, 1.807) is 46.9 Å². The van der Waals surface area contributed by atoms with Gasteiger partial charge >= 0.3 is 0 Å². The van der Waals surface area contributed by atoms with Crippen molar-refractivity contribution in [2.45, 2.75) is 26.7 Å². The van der Waals surface area contributed by atoms with Gasteiger partial charge in [0.15, 0.2) is 12.4 Å². The van der Waals surface area contributed by atoms with Crippen LogP contribution in [0.1, 0.15) is 33.6 Å². The van der Waals surface area contributed by atoms with E-state index in [4.69, 9.17) is 4.74 Å². The zero-order valence-electron chi connectivity index (χ0n) is 15.9. The lowest BCUT2D eigenvalue weighted by molar-refractivity contribution is -0.123. The summed E-state index contributed by atoms with van der Waals surface area (Å²) in [5.74, 6) is 0.496. The molecule has 0 radical (unpaired) electrons. The van der Waals surface area contributed by atoms with Crippen LogP contribution in [0, 0.1) is 6.92 Å². The number of amides is 1. The van der Waals surface area contributed by atoms with Crippen molar-refractivity contribution in [3.63, 3.8) is 0 Å². The fourth-order valence-electron chi connectivity index (χ4n) is 2.59. The van der Waals surface area contributed by atoms with E-state index in [9.17, 15) is 9.59 Å². The molecule has 0 unspecified atom stereocenters. The Morgan fingerprint density at radius 2 is 1.93 bits per heavy atom. The monoisotopic (exact) mass is 414 g/mol. The molecule has 0 aliphatic rings. The molecule has 146 valence electrons. The van der Waals surface area contributed by atoms with Crippen LogP contribution in [0.3, 0.4) is 0 Å². The Balaban J connectivity index is 1.40. The van der Waals surface area contributed by atoms with Gasteiger partial charge in [0.25, 0.3) is 5.91 Å². The molecular weight excluding hydrogens is 392 g/mol. The third-order valence-electron chi connectivity index (χ3n) is 4.09. The van der Waals surface area contributed by atoms with E-state index in [1.165, 1.54) is 4.88 Å². The maximum atomic E-state index is 12.0. The minimum Gasteiger partial charge on any atom is -0.484 e. The summed E-state index contributed by atoms with van der Waals surface area (Å²) in [5, 5.41) is 5.99. The molecule has 0 aliphatic heterocycles. The first-order valence-electron chi connectivity index (χ1n) is 9.09. The van der Waals surface area contributed by atoms with Crippen LogP contribution >= 0.6 is 22.7 Å². The SMILES string of the molecule is CCC(=O)c1ccc(OCC(=O)NCCc2ccc(-c3csc(C)n3)s2)cc1. The van der Waals surface area contributed by atoms with E-state index in [1.807, 2.05) is 13.8 Å². The van der Waals surface area contributed by atoms with Gasteiger partial charge in [0.1, 0.15) is 5.75 Å². The molecule has 0 saturated carbocycles. The summed E-state index contributed by atoms with van der Waals surface area (Å²) < 4.78 is 5.48. The summed E-state index contributed by atoms with van der Waals surface area (Å²) in [7, 11) is 0. The molecular formula is C21H22N2O3S2. The number of nitrogens with one attached hydrogen (secondary N) is 1. The lowest BCUT2D eigenvalue weighted by Crippen LogP contribution is -2.30. The number of thiophene rings is 1. The van der Waals surface area contributed by atoms with Gasteiger partial charge in [0.2, 0.25) is 0 Å². The number of nitrogens with zero attached hydrogens (tertiary/aromatic N) is 1. The molecule has 28 heavy (non-hydrogen) atoms. The second kappa shape index (κ2) is 9.61. The molecule has 1 aromatic carbocycles. The summed E-state index contributed by atoms with van der Waals surface area (Å²) >= 11 is 3.35. The number of benzene rings is 1. The number of carbonyl (C=O) groups is 2. The van der Waals surface area contributed by atoms with Crippen molar-refractivity contribution >= 4 is 34.4 Å². The molecule has 0 atom stereocenters. The average molecular weight is 415 g/mol. The molecule has 3 rings (SSSR count). The largest absolute Gasteiger partial charge is 0.484 e. The van der Waals surface area contributed by atoms with Gasteiger partial charge in [-0.05, 0) is 49.7 Å². The number of ether oxygens (including phenoxy) is 1. The predicted molar refractivity (Wildman–Crippen MR) is 113 cm³/mol. The van der Waals surface area contributed by atoms with Crippen LogP contribution < -0.4 is 10.1 Å². The molecule has 1 N–H and O–H groups in total. The van der Waals surface area contributed by atoms with Crippen molar-refractivity contribution < 1.29 is 14.3 Å². The molecule has 7 heteroatoms. The van der Waals surface area contributed by atoms with Gasteiger partial charge < -0.3 is 10.1 Å². The van der Waals surface area contributed by atoms with Gasteiger partial charge in [-0.2, -0.15) is 0 Å². The fourth-order valence-corrected chi connectivity index (χ4v) is 4.25. The number of aromatic nitrogens is 1. The Morgan fingerprint density at radius 3 is 2.61 bits per heavy atom. The van der Waals surface area contributed by atoms with Crippen molar-refractivity contribution in [2.75, 3.05) is 13.2 Å². The number of thiazole rings is 1. The molecule has 2 aromatic heterocycles. The summed E-state index contributed by atoms with van der Waals surface area (Å²) in [6.07, 6.45) is 1.24. The number of ketones is 1. The third-order valence-corrected chi connectivity index (χ3v) is 6.04. The average Bonchev–Trinajstić information content (AvgIpc) is 3.35. The Kier molecular flexibility index (Phi) is 6.95. The van der Waals surface area contributed by atoms with Gasteiger partial charge in [-0.3, -0.25) is 9.59 Å². The summed E-state index contributed by atoms with van der Waals surface area (Å²) in [6.45, 7) is 4.34. The second-order valence-corrected chi connectivity index (χ2v) is 8.44. The maximum absolute atomic E-state index is 12.0. The fraction of sp³-hybridized carbons (Fsp3) is 0.286. The van der Waals surface area contributed by atoms with E-state index in [-0.39, 0.29) is 18.3 Å². The molecule has 0 fully saturated rings. The van der Waals surface area contributed by atoms with Crippen molar-refractivity contribution in [1.82, 2.24) is 10.3 Å².